The van der Waals surface area contributed by atoms with Crippen LogP contribution >= 0.6 is 0 Å². The summed E-state index contributed by atoms with van der Waals surface area (Å²) in [4.78, 5) is 9.77. The summed E-state index contributed by atoms with van der Waals surface area (Å²) in [6.45, 7) is 4.09. The number of nitrogens with zero attached hydrogens (tertiary/aromatic N) is 3. The monoisotopic (exact) mass is 352 g/mol. The molecule has 1 N–H and O–H groups in total. The van der Waals surface area contributed by atoms with E-state index in [9.17, 15) is 0 Å². The van der Waals surface area contributed by atoms with E-state index in [1.165, 1.54) is 16.3 Å². The van der Waals surface area contributed by atoms with Gasteiger partial charge in [0.1, 0.15) is 11.7 Å². The van der Waals surface area contributed by atoms with Gasteiger partial charge in [0, 0.05) is 16.3 Å². The Balaban J connectivity index is 1.74. The third kappa shape index (κ3) is 2.61. The molecule has 1 unspecified atom stereocenters. The molecule has 0 fully saturated rings. The first-order valence-corrected chi connectivity index (χ1v) is 9.15. The quantitative estimate of drug-likeness (QED) is 0.540. The predicted molar refractivity (Wildman–Crippen MR) is 112 cm³/mol. The predicted octanol–water partition coefficient (Wildman–Crippen LogP) is 5.03. The smallest absolute Gasteiger partial charge is 0.224 e. The van der Waals surface area contributed by atoms with E-state index in [2.05, 4.69) is 89.6 Å². The van der Waals surface area contributed by atoms with Gasteiger partial charge < -0.3 is 5.32 Å². The van der Waals surface area contributed by atoms with Crippen molar-refractivity contribution < 1.29 is 0 Å². The van der Waals surface area contributed by atoms with Gasteiger partial charge in [-0.25, -0.2) is 9.98 Å². The summed E-state index contributed by atoms with van der Waals surface area (Å²) in [5.74, 6) is 1.73. The normalized spacial score (nSPS) is 16.9. The maximum absolute atomic E-state index is 4.97. The van der Waals surface area contributed by atoms with E-state index in [0.717, 1.165) is 28.3 Å². The fourth-order valence-electron chi connectivity index (χ4n) is 3.81. The van der Waals surface area contributed by atoms with Crippen molar-refractivity contribution in [2.45, 2.75) is 20.1 Å². The minimum absolute atomic E-state index is 0.327. The molecule has 0 saturated heterocycles. The number of aliphatic imine (C=N–C) groups is 2. The minimum Gasteiger partial charge on any atom is -0.329 e. The van der Waals surface area contributed by atoms with Gasteiger partial charge in [0.25, 0.3) is 0 Å². The molecule has 0 saturated carbocycles. The van der Waals surface area contributed by atoms with E-state index in [1.54, 1.807) is 0 Å². The SMILES string of the molecule is CC1=NC(n2c3ccccc3c3ccccc32)N=C(c2cccc(C)c2)N1. The Bertz CT molecular complexity index is 1180. The number of benzene rings is 3. The number of amidine groups is 2. The molecule has 4 heteroatoms. The summed E-state index contributed by atoms with van der Waals surface area (Å²) in [7, 11) is 0. The van der Waals surface area contributed by atoms with Crippen molar-refractivity contribution in [2.24, 2.45) is 9.98 Å². The van der Waals surface area contributed by atoms with Gasteiger partial charge in [0.2, 0.25) is 6.29 Å². The topological polar surface area (TPSA) is 41.7 Å². The number of hydrogen-bond donors (Lipinski definition) is 1. The number of nitrogens with one attached hydrogen (secondary N) is 1. The lowest BCUT2D eigenvalue weighted by Gasteiger charge is -2.22. The molecule has 3 aromatic carbocycles. The molecule has 0 radical (unpaired) electrons. The van der Waals surface area contributed by atoms with Crippen LogP contribution in [0.15, 0.2) is 82.8 Å². The van der Waals surface area contributed by atoms with Crippen LogP contribution in [0.1, 0.15) is 24.3 Å². The molecule has 1 aliphatic heterocycles. The lowest BCUT2D eigenvalue weighted by molar-refractivity contribution is 0.574. The first kappa shape index (κ1) is 15.8. The molecule has 27 heavy (non-hydrogen) atoms. The molecule has 0 bridgehead atoms. The highest BCUT2D eigenvalue weighted by Gasteiger charge is 2.21. The summed E-state index contributed by atoms with van der Waals surface area (Å²) >= 11 is 0. The molecular weight excluding hydrogens is 332 g/mol. The molecule has 5 rings (SSSR count). The van der Waals surface area contributed by atoms with Gasteiger partial charge in [0.05, 0.1) is 11.0 Å². The van der Waals surface area contributed by atoms with Crippen LogP contribution in [0.25, 0.3) is 21.8 Å². The Morgan fingerprint density at radius 2 is 1.44 bits per heavy atom. The van der Waals surface area contributed by atoms with Crippen molar-refractivity contribution in [2.75, 3.05) is 0 Å². The summed E-state index contributed by atoms with van der Waals surface area (Å²) in [6, 6.07) is 25.3. The molecule has 1 aliphatic rings. The molecular formula is C23H20N4. The van der Waals surface area contributed by atoms with E-state index < -0.39 is 0 Å². The van der Waals surface area contributed by atoms with Crippen LogP contribution in [-0.4, -0.2) is 16.2 Å². The van der Waals surface area contributed by atoms with Crippen LogP contribution in [0.5, 0.6) is 0 Å². The average Bonchev–Trinajstić information content (AvgIpc) is 3.02. The van der Waals surface area contributed by atoms with Gasteiger partial charge in [-0.1, -0.05) is 60.2 Å². The first-order chi connectivity index (χ1) is 13.2. The highest BCUT2D eigenvalue weighted by molar-refractivity contribution is 6.11. The first-order valence-electron chi connectivity index (χ1n) is 9.15. The van der Waals surface area contributed by atoms with Crippen LogP contribution in [0.3, 0.4) is 0 Å². The van der Waals surface area contributed by atoms with Crippen molar-refractivity contribution in [3.63, 3.8) is 0 Å². The fourth-order valence-corrected chi connectivity index (χ4v) is 3.81. The number of aromatic nitrogens is 1. The Kier molecular flexibility index (Phi) is 3.57. The van der Waals surface area contributed by atoms with Crippen LogP contribution in [-0.2, 0) is 0 Å². The summed E-state index contributed by atoms with van der Waals surface area (Å²) < 4.78 is 2.23. The van der Waals surface area contributed by atoms with Crippen molar-refractivity contribution >= 4 is 33.5 Å². The second-order valence-electron chi connectivity index (χ2n) is 6.94. The van der Waals surface area contributed by atoms with Crippen LogP contribution in [0.4, 0.5) is 0 Å². The van der Waals surface area contributed by atoms with E-state index in [1.807, 2.05) is 6.92 Å². The fraction of sp³-hybridized carbons (Fsp3) is 0.130. The largest absolute Gasteiger partial charge is 0.329 e. The highest BCUT2D eigenvalue weighted by atomic mass is 15.3. The number of para-hydroxylation sites is 2. The number of hydrogen-bond acceptors (Lipinski definition) is 3. The Morgan fingerprint density at radius 1 is 0.778 bits per heavy atom. The molecule has 4 nitrogen and oxygen atoms in total. The molecule has 1 atom stereocenters. The summed E-state index contributed by atoms with van der Waals surface area (Å²) in [5, 5.41) is 5.79. The van der Waals surface area contributed by atoms with Crippen molar-refractivity contribution in [3.05, 3.63) is 83.9 Å². The third-order valence-electron chi connectivity index (χ3n) is 4.99. The van der Waals surface area contributed by atoms with Gasteiger partial charge in [-0.15, -0.1) is 0 Å². The zero-order valence-electron chi connectivity index (χ0n) is 15.3. The van der Waals surface area contributed by atoms with Gasteiger partial charge in [0.15, 0.2) is 0 Å². The Labute approximate surface area is 157 Å². The highest BCUT2D eigenvalue weighted by Crippen LogP contribution is 2.33. The zero-order valence-corrected chi connectivity index (χ0v) is 15.3. The maximum atomic E-state index is 4.97. The third-order valence-corrected chi connectivity index (χ3v) is 4.99. The van der Waals surface area contributed by atoms with Gasteiger partial charge >= 0.3 is 0 Å². The molecule has 0 aliphatic carbocycles. The second-order valence-corrected chi connectivity index (χ2v) is 6.94. The number of rotatable bonds is 2. The lowest BCUT2D eigenvalue weighted by atomic mass is 10.1. The van der Waals surface area contributed by atoms with Crippen molar-refractivity contribution in [1.82, 2.24) is 9.88 Å². The average molecular weight is 352 g/mol. The van der Waals surface area contributed by atoms with Crippen molar-refractivity contribution in [1.29, 1.82) is 0 Å². The summed E-state index contributed by atoms with van der Waals surface area (Å²) in [5.41, 5.74) is 4.59. The molecule has 4 aromatic rings. The van der Waals surface area contributed by atoms with Gasteiger partial charge in [-0.3, -0.25) is 4.57 Å². The van der Waals surface area contributed by atoms with Crippen LogP contribution < -0.4 is 5.32 Å². The molecule has 1 aromatic heterocycles. The Hall–Kier alpha value is -3.40. The zero-order chi connectivity index (χ0) is 18.4. The summed E-state index contributed by atoms with van der Waals surface area (Å²) in [6.07, 6.45) is -0.327. The Morgan fingerprint density at radius 3 is 2.11 bits per heavy atom. The molecule has 0 amide bonds. The van der Waals surface area contributed by atoms with Gasteiger partial charge in [-0.2, -0.15) is 0 Å². The minimum atomic E-state index is -0.327. The van der Waals surface area contributed by atoms with E-state index in [4.69, 9.17) is 9.98 Å². The standard InChI is InChI=1S/C23H20N4/c1-15-8-7-9-17(14-15)22-24-16(2)25-23(26-22)27-20-12-5-3-10-18(20)19-11-4-6-13-21(19)27/h3-14,23H,1-2H3,(H,24,25,26). The molecule has 2 heterocycles. The lowest BCUT2D eigenvalue weighted by Crippen LogP contribution is -2.34. The maximum Gasteiger partial charge on any atom is 0.224 e. The van der Waals surface area contributed by atoms with Gasteiger partial charge in [-0.05, 0) is 32.0 Å². The second kappa shape index (κ2) is 6.09. The van der Waals surface area contributed by atoms with Crippen LogP contribution in [0.2, 0.25) is 0 Å². The number of aryl methyl sites for hydroxylation is 1. The van der Waals surface area contributed by atoms with Crippen LogP contribution in [0, 0.1) is 6.92 Å². The van der Waals surface area contributed by atoms with Crippen molar-refractivity contribution in [3.8, 4) is 0 Å². The van der Waals surface area contributed by atoms with E-state index in [-0.39, 0.29) is 6.29 Å². The van der Waals surface area contributed by atoms with E-state index >= 15 is 0 Å². The number of fused-ring (bicyclic) bond motifs is 3. The molecule has 132 valence electrons. The van der Waals surface area contributed by atoms with E-state index in [0.29, 0.717) is 0 Å². The molecule has 0 spiro atoms.